The maximum Gasteiger partial charge on any atom is 0.320 e. The van der Waals surface area contributed by atoms with Crippen LogP contribution in [0.4, 0.5) is 8.78 Å². The van der Waals surface area contributed by atoms with E-state index in [1.165, 1.54) is 0 Å². The number of carboxylic acid groups (broad SMARTS) is 1. The molecule has 4 N–H and O–H groups in total. The van der Waals surface area contributed by atoms with Gasteiger partial charge in [-0.05, 0) is 42.1 Å². The molecule has 0 unspecified atom stereocenters. The highest BCUT2D eigenvalue weighted by atomic mass is 19.1. The van der Waals surface area contributed by atoms with Gasteiger partial charge in [0.05, 0.1) is 11.7 Å². The molecule has 0 fully saturated rings. The molecule has 33 heavy (non-hydrogen) atoms. The Balaban J connectivity index is 2.02. The Morgan fingerprint density at radius 2 is 1.88 bits per heavy atom. The quantitative estimate of drug-likeness (QED) is 0.445. The summed E-state index contributed by atoms with van der Waals surface area (Å²) in [5.74, 6) is -1.51. The number of halogens is 2. The first kappa shape index (κ1) is 24.5. The number of hydrogen-bond acceptors (Lipinski definition) is 4. The van der Waals surface area contributed by atoms with Crippen LogP contribution in [0.25, 0.3) is 11.3 Å². The first-order valence-electron chi connectivity index (χ1n) is 10.8. The number of nitrogens with zero attached hydrogens (tertiary/aromatic N) is 2. The third-order valence-electron chi connectivity index (χ3n) is 5.45. The summed E-state index contributed by atoms with van der Waals surface area (Å²) in [6.07, 6.45) is 1.97. The van der Waals surface area contributed by atoms with E-state index in [2.05, 4.69) is 5.32 Å². The molecule has 0 aliphatic carbocycles. The van der Waals surface area contributed by atoms with Crippen LogP contribution in [0, 0.1) is 17.0 Å². The average molecular weight is 457 g/mol. The SMILES string of the molecule is CC(C)(C)[C@@H](NCC[C@H](N)C(=O)O)c1nc(-c2cc(F)ccc2F)cn1Cc1ccccc1. The minimum Gasteiger partial charge on any atom is -0.480 e. The van der Waals surface area contributed by atoms with E-state index in [0.29, 0.717) is 24.6 Å². The van der Waals surface area contributed by atoms with Crippen molar-refractivity contribution in [2.45, 2.75) is 45.8 Å². The molecule has 3 rings (SSSR count). The Labute approximate surface area is 192 Å². The maximum absolute atomic E-state index is 14.5. The van der Waals surface area contributed by atoms with Crippen molar-refractivity contribution in [3.8, 4) is 11.3 Å². The summed E-state index contributed by atoms with van der Waals surface area (Å²) in [5, 5.41) is 12.5. The third kappa shape index (κ3) is 6.24. The lowest BCUT2D eigenvalue weighted by Crippen LogP contribution is -2.39. The Bertz CT molecular complexity index is 1090. The summed E-state index contributed by atoms with van der Waals surface area (Å²) in [4.78, 5) is 15.8. The number of aromatic nitrogens is 2. The largest absolute Gasteiger partial charge is 0.480 e. The lowest BCUT2D eigenvalue weighted by molar-refractivity contribution is -0.138. The fourth-order valence-electron chi connectivity index (χ4n) is 3.68. The topological polar surface area (TPSA) is 93.2 Å². The first-order chi connectivity index (χ1) is 15.6. The van der Waals surface area contributed by atoms with Crippen LogP contribution >= 0.6 is 0 Å². The lowest BCUT2D eigenvalue weighted by atomic mass is 9.86. The second-order valence-electron chi connectivity index (χ2n) is 9.21. The molecule has 1 heterocycles. The summed E-state index contributed by atoms with van der Waals surface area (Å²) < 4.78 is 30.3. The molecule has 176 valence electrons. The Morgan fingerprint density at radius 3 is 2.52 bits per heavy atom. The highest BCUT2D eigenvalue weighted by Gasteiger charge is 2.31. The van der Waals surface area contributed by atoms with Crippen molar-refractivity contribution < 1.29 is 18.7 Å². The highest BCUT2D eigenvalue weighted by molar-refractivity contribution is 5.73. The van der Waals surface area contributed by atoms with Crippen LogP contribution in [0.5, 0.6) is 0 Å². The van der Waals surface area contributed by atoms with Gasteiger partial charge in [0.2, 0.25) is 0 Å². The van der Waals surface area contributed by atoms with E-state index in [-0.39, 0.29) is 23.4 Å². The van der Waals surface area contributed by atoms with Crippen LogP contribution < -0.4 is 11.1 Å². The molecule has 0 bridgehead atoms. The Morgan fingerprint density at radius 1 is 1.18 bits per heavy atom. The van der Waals surface area contributed by atoms with Gasteiger partial charge in [0, 0.05) is 18.3 Å². The minimum absolute atomic E-state index is 0.0867. The number of carboxylic acids is 1. The third-order valence-corrected chi connectivity index (χ3v) is 5.45. The van der Waals surface area contributed by atoms with Crippen molar-refractivity contribution in [3.05, 3.63) is 77.8 Å². The summed E-state index contributed by atoms with van der Waals surface area (Å²) in [6, 6.07) is 11.8. The summed E-state index contributed by atoms with van der Waals surface area (Å²) >= 11 is 0. The zero-order valence-corrected chi connectivity index (χ0v) is 19.1. The first-order valence-corrected chi connectivity index (χ1v) is 10.8. The van der Waals surface area contributed by atoms with E-state index in [1.807, 2.05) is 55.7 Å². The second-order valence-corrected chi connectivity index (χ2v) is 9.21. The predicted molar refractivity (Wildman–Crippen MR) is 124 cm³/mol. The number of nitrogens with two attached hydrogens (primary N) is 1. The van der Waals surface area contributed by atoms with E-state index < -0.39 is 23.6 Å². The smallest absolute Gasteiger partial charge is 0.320 e. The second kappa shape index (κ2) is 10.2. The van der Waals surface area contributed by atoms with Crippen LogP contribution in [-0.2, 0) is 11.3 Å². The molecule has 0 amide bonds. The Kier molecular flexibility index (Phi) is 7.61. The van der Waals surface area contributed by atoms with Crippen molar-refractivity contribution >= 4 is 5.97 Å². The minimum atomic E-state index is -1.06. The van der Waals surface area contributed by atoms with Crippen LogP contribution in [0.2, 0.25) is 0 Å². The van der Waals surface area contributed by atoms with Gasteiger partial charge in [-0.15, -0.1) is 0 Å². The molecule has 0 saturated heterocycles. The van der Waals surface area contributed by atoms with Crippen molar-refractivity contribution in [3.63, 3.8) is 0 Å². The maximum atomic E-state index is 14.5. The molecule has 0 spiro atoms. The highest BCUT2D eigenvalue weighted by Crippen LogP contribution is 2.34. The molecule has 2 aromatic carbocycles. The summed E-state index contributed by atoms with van der Waals surface area (Å²) in [7, 11) is 0. The van der Waals surface area contributed by atoms with E-state index in [9.17, 15) is 13.6 Å². The molecule has 3 aromatic rings. The fraction of sp³-hybridized carbons (Fsp3) is 0.360. The molecule has 0 aliphatic heterocycles. The van der Waals surface area contributed by atoms with Gasteiger partial charge in [-0.3, -0.25) is 4.79 Å². The molecule has 2 atom stereocenters. The lowest BCUT2D eigenvalue weighted by Gasteiger charge is -2.32. The summed E-state index contributed by atoms with van der Waals surface area (Å²) in [6.45, 7) is 6.95. The fourth-order valence-corrected chi connectivity index (χ4v) is 3.68. The standard InChI is InChI=1S/C25H30F2N4O2/c1-25(2,3)22(29-12-11-20(28)24(32)33)23-30-21(18-13-17(26)9-10-19(18)27)15-31(23)14-16-7-5-4-6-8-16/h4-10,13,15,20,22,29H,11-12,14,28H2,1-3H3,(H,32,33)/t20-,22-/m0/s1. The molecular formula is C25H30F2N4O2. The monoisotopic (exact) mass is 456 g/mol. The molecule has 0 aliphatic rings. The van der Waals surface area contributed by atoms with Gasteiger partial charge < -0.3 is 20.7 Å². The van der Waals surface area contributed by atoms with Crippen molar-refractivity contribution in [1.29, 1.82) is 0 Å². The van der Waals surface area contributed by atoms with Crippen LogP contribution in [-0.4, -0.2) is 33.2 Å². The van der Waals surface area contributed by atoms with Gasteiger partial charge >= 0.3 is 5.97 Å². The molecule has 1 aromatic heterocycles. The van der Waals surface area contributed by atoms with Crippen LogP contribution in [0.15, 0.2) is 54.7 Å². The van der Waals surface area contributed by atoms with E-state index >= 15 is 0 Å². The van der Waals surface area contributed by atoms with Gasteiger partial charge in [-0.25, -0.2) is 13.8 Å². The number of imidazole rings is 1. The van der Waals surface area contributed by atoms with Crippen molar-refractivity contribution in [2.75, 3.05) is 6.54 Å². The van der Waals surface area contributed by atoms with Gasteiger partial charge in [-0.1, -0.05) is 51.1 Å². The van der Waals surface area contributed by atoms with Crippen molar-refractivity contribution in [2.24, 2.45) is 11.1 Å². The number of carbonyl (C=O) groups is 1. The van der Waals surface area contributed by atoms with Gasteiger partial charge in [0.1, 0.15) is 23.5 Å². The molecule has 0 saturated carbocycles. The molecular weight excluding hydrogens is 426 g/mol. The average Bonchev–Trinajstić information content (AvgIpc) is 3.15. The van der Waals surface area contributed by atoms with E-state index in [4.69, 9.17) is 15.8 Å². The normalized spacial score (nSPS) is 13.6. The predicted octanol–water partition coefficient (Wildman–Crippen LogP) is 4.36. The van der Waals surface area contributed by atoms with Gasteiger partial charge in [0.15, 0.2) is 0 Å². The van der Waals surface area contributed by atoms with E-state index in [0.717, 1.165) is 23.8 Å². The molecule has 6 nitrogen and oxygen atoms in total. The zero-order valence-electron chi connectivity index (χ0n) is 19.1. The van der Waals surface area contributed by atoms with E-state index in [1.54, 1.807) is 6.20 Å². The number of hydrogen-bond donors (Lipinski definition) is 3. The number of rotatable bonds is 9. The number of aliphatic carboxylic acids is 1. The molecule has 8 heteroatoms. The van der Waals surface area contributed by atoms with Crippen molar-refractivity contribution in [1.82, 2.24) is 14.9 Å². The number of benzene rings is 2. The Hall–Kier alpha value is -3.10. The molecule has 0 radical (unpaired) electrons. The van der Waals surface area contributed by atoms with Crippen LogP contribution in [0.3, 0.4) is 0 Å². The summed E-state index contributed by atoms with van der Waals surface area (Å²) in [5.41, 5.74) is 6.79. The van der Waals surface area contributed by atoms with Gasteiger partial charge in [0.25, 0.3) is 0 Å². The number of nitrogens with one attached hydrogen (secondary N) is 1. The van der Waals surface area contributed by atoms with Crippen LogP contribution in [0.1, 0.15) is 44.6 Å². The zero-order chi connectivity index (χ0) is 24.2. The van der Waals surface area contributed by atoms with Gasteiger partial charge in [-0.2, -0.15) is 0 Å².